The standard InChI is InChI=1S/C28H29ClN6O3S2/c1-34-8-6-31-28(34)39-26-5-4-20(14-22(26)29)33-27-19(17-30)18-32-23-16-25(24(37-2)15-21(23)27)38-11-3-7-35-9-12-40(36)13-10-35/h4-6,8,14-16,18H,3,7,9-13H2,1-2H3,(H,32,33). The lowest BCUT2D eigenvalue weighted by atomic mass is 10.1. The summed E-state index contributed by atoms with van der Waals surface area (Å²) in [6.45, 7) is 3.14. The fourth-order valence-electron chi connectivity index (χ4n) is 4.42. The van der Waals surface area contributed by atoms with Crippen molar-refractivity contribution in [1.82, 2.24) is 19.4 Å². The summed E-state index contributed by atoms with van der Waals surface area (Å²) in [5.74, 6) is 2.64. The predicted octanol–water partition coefficient (Wildman–Crippen LogP) is 5.23. The number of nitriles is 1. The summed E-state index contributed by atoms with van der Waals surface area (Å²) >= 11 is 8.09. The fraction of sp³-hybridized carbons (Fsp3) is 0.321. The molecule has 0 unspecified atom stereocenters. The van der Waals surface area contributed by atoms with E-state index in [2.05, 4.69) is 26.3 Å². The highest BCUT2D eigenvalue weighted by Gasteiger charge is 2.17. The van der Waals surface area contributed by atoms with Crippen molar-refractivity contribution in [3.05, 3.63) is 59.5 Å². The first-order valence-electron chi connectivity index (χ1n) is 12.8. The van der Waals surface area contributed by atoms with Crippen LogP contribution in [0.4, 0.5) is 11.4 Å². The molecular weight excluding hydrogens is 568 g/mol. The van der Waals surface area contributed by atoms with Crippen LogP contribution in [-0.2, 0) is 17.8 Å². The van der Waals surface area contributed by atoms with Crippen LogP contribution in [0.2, 0.25) is 5.02 Å². The first kappa shape index (κ1) is 28.2. The number of aryl methyl sites for hydroxylation is 1. The molecule has 4 aromatic rings. The highest BCUT2D eigenvalue weighted by atomic mass is 35.5. The molecule has 0 saturated carbocycles. The Hall–Kier alpha value is -3.30. The SMILES string of the molecule is COc1cc2c(Nc3ccc(Sc4nccn4C)c(Cl)c3)c(C#N)cnc2cc1OCCCN1CCS(=O)CC1. The number of hydrogen-bond acceptors (Lipinski definition) is 9. The summed E-state index contributed by atoms with van der Waals surface area (Å²) in [5, 5.41) is 15.3. The van der Waals surface area contributed by atoms with Gasteiger partial charge in [-0.05, 0) is 30.7 Å². The zero-order valence-corrected chi connectivity index (χ0v) is 24.6. The lowest BCUT2D eigenvalue weighted by Gasteiger charge is -2.25. The molecule has 3 heterocycles. The molecule has 2 aromatic carbocycles. The topological polar surface area (TPSA) is 105 Å². The van der Waals surface area contributed by atoms with Gasteiger partial charge in [-0.1, -0.05) is 23.4 Å². The largest absolute Gasteiger partial charge is 0.493 e. The minimum absolute atomic E-state index is 0.397. The van der Waals surface area contributed by atoms with Gasteiger partial charge in [-0.25, -0.2) is 4.98 Å². The molecule has 1 fully saturated rings. The number of fused-ring (bicyclic) bond motifs is 1. The average molecular weight is 597 g/mol. The first-order valence-corrected chi connectivity index (χ1v) is 15.5. The third kappa shape index (κ3) is 6.53. The van der Waals surface area contributed by atoms with Crippen molar-refractivity contribution in [2.45, 2.75) is 16.5 Å². The molecule has 0 spiro atoms. The summed E-state index contributed by atoms with van der Waals surface area (Å²) < 4.78 is 25.2. The molecule has 0 amide bonds. The van der Waals surface area contributed by atoms with Gasteiger partial charge in [0.25, 0.3) is 0 Å². The molecule has 1 aliphatic rings. The molecule has 208 valence electrons. The third-order valence-corrected chi connectivity index (χ3v) is 9.45. The monoisotopic (exact) mass is 596 g/mol. The van der Waals surface area contributed by atoms with E-state index in [1.807, 2.05) is 48.1 Å². The van der Waals surface area contributed by atoms with E-state index in [-0.39, 0.29) is 0 Å². The van der Waals surface area contributed by atoms with Crippen LogP contribution in [0.25, 0.3) is 10.9 Å². The number of pyridine rings is 1. The second-order valence-corrected chi connectivity index (χ2v) is 12.4. The Kier molecular flexibility index (Phi) is 9.11. The normalized spacial score (nSPS) is 14.2. The summed E-state index contributed by atoms with van der Waals surface area (Å²) in [6.07, 6.45) is 6.02. The van der Waals surface area contributed by atoms with Crippen molar-refractivity contribution in [2.75, 3.05) is 50.2 Å². The molecule has 0 atom stereocenters. The molecule has 1 aliphatic heterocycles. The number of methoxy groups -OCH3 is 1. The van der Waals surface area contributed by atoms with Gasteiger partial charge in [-0.15, -0.1) is 0 Å². The molecular formula is C28H29ClN6O3S2. The van der Waals surface area contributed by atoms with Crippen molar-refractivity contribution in [3.63, 3.8) is 0 Å². The van der Waals surface area contributed by atoms with Crippen LogP contribution >= 0.6 is 23.4 Å². The number of hydrogen-bond donors (Lipinski definition) is 1. The summed E-state index contributed by atoms with van der Waals surface area (Å²) in [6, 6.07) is 11.6. The minimum Gasteiger partial charge on any atom is -0.493 e. The van der Waals surface area contributed by atoms with Gasteiger partial charge >= 0.3 is 0 Å². The number of nitrogens with one attached hydrogen (secondary N) is 1. The number of nitrogens with zero attached hydrogens (tertiary/aromatic N) is 5. The van der Waals surface area contributed by atoms with Crippen molar-refractivity contribution in [3.8, 4) is 17.6 Å². The van der Waals surface area contributed by atoms with Gasteiger partial charge in [0.2, 0.25) is 0 Å². The van der Waals surface area contributed by atoms with Crippen LogP contribution in [0.5, 0.6) is 11.5 Å². The van der Waals surface area contributed by atoms with Crippen molar-refractivity contribution >= 4 is 56.4 Å². The van der Waals surface area contributed by atoms with Gasteiger partial charge in [0.05, 0.1) is 35.5 Å². The Bertz CT molecular complexity index is 1580. The summed E-state index contributed by atoms with van der Waals surface area (Å²) in [4.78, 5) is 12.0. The van der Waals surface area contributed by atoms with Gasteiger partial charge < -0.3 is 24.3 Å². The molecule has 9 nitrogen and oxygen atoms in total. The number of aromatic nitrogens is 3. The highest BCUT2D eigenvalue weighted by molar-refractivity contribution is 7.99. The molecule has 1 saturated heterocycles. The Morgan fingerprint density at radius 2 is 2.02 bits per heavy atom. The van der Waals surface area contributed by atoms with E-state index in [0.29, 0.717) is 39.9 Å². The van der Waals surface area contributed by atoms with Gasteiger partial charge in [0.15, 0.2) is 16.7 Å². The summed E-state index contributed by atoms with van der Waals surface area (Å²) in [5.41, 5.74) is 2.41. The lowest BCUT2D eigenvalue weighted by Crippen LogP contribution is -2.38. The average Bonchev–Trinajstić information content (AvgIpc) is 3.37. The van der Waals surface area contributed by atoms with Gasteiger partial charge in [0, 0.05) is 89.6 Å². The number of anilines is 2. The van der Waals surface area contributed by atoms with E-state index >= 15 is 0 Å². The van der Waals surface area contributed by atoms with Crippen LogP contribution < -0.4 is 14.8 Å². The second kappa shape index (κ2) is 12.9. The third-order valence-electron chi connectivity index (χ3n) is 6.60. The minimum atomic E-state index is -0.675. The van der Waals surface area contributed by atoms with E-state index < -0.39 is 10.8 Å². The molecule has 40 heavy (non-hydrogen) atoms. The fourth-order valence-corrected chi connectivity index (χ4v) is 6.65. The lowest BCUT2D eigenvalue weighted by molar-refractivity contribution is 0.241. The molecule has 0 aliphatic carbocycles. The molecule has 12 heteroatoms. The molecule has 0 radical (unpaired) electrons. The van der Waals surface area contributed by atoms with Crippen LogP contribution in [0.1, 0.15) is 12.0 Å². The predicted molar refractivity (Wildman–Crippen MR) is 160 cm³/mol. The number of imidazole rings is 1. The first-order chi connectivity index (χ1) is 19.4. The molecule has 0 bridgehead atoms. The van der Waals surface area contributed by atoms with E-state index in [9.17, 15) is 9.47 Å². The zero-order chi connectivity index (χ0) is 28.1. The molecule has 5 rings (SSSR count). The van der Waals surface area contributed by atoms with Gasteiger partial charge in [0.1, 0.15) is 6.07 Å². The number of benzene rings is 2. The smallest absolute Gasteiger partial charge is 0.172 e. The number of ether oxygens (including phenoxy) is 2. The highest BCUT2D eigenvalue weighted by Crippen LogP contribution is 2.39. The van der Waals surface area contributed by atoms with Crippen molar-refractivity contribution in [2.24, 2.45) is 7.05 Å². The maximum atomic E-state index is 11.6. The van der Waals surface area contributed by atoms with Crippen molar-refractivity contribution < 1.29 is 13.7 Å². The van der Waals surface area contributed by atoms with Crippen LogP contribution in [0.15, 0.2) is 59.0 Å². The maximum absolute atomic E-state index is 11.6. The molecule has 2 aromatic heterocycles. The van der Waals surface area contributed by atoms with Crippen LogP contribution in [-0.4, -0.2) is 68.5 Å². The Labute approximate surface area is 244 Å². The maximum Gasteiger partial charge on any atom is 0.172 e. The second-order valence-electron chi connectivity index (χ2n) is 9.26. The zero-order valence-electron chi connectivity index (χ0n) is 22.2. The summed E-state index contributed by atoms with van der Waals surface area (Å²) in [7, 11) is 2.85. The van der Waals surface area contributed by atoms with E-state index in [4.69, 9.17) is 21.1 Å². The van der Waals surface area contributed by atoms with E-state index in [0.717, 1.165) is 58.7 Å². The Balaban J connectivity index is 1.34. The Morgan fingerprint density at radius 1 is 1.20 bits per heavy atom. The Morgan fingerprint density at radius 3 is 2.73 bits per heavy atom. The number of halogens is 1. The van der Waals surface area contributed by atoms with E-state index in [1.165, 1.54) is 11.8 Å². The van der Waals surface area contributed by atoms with E-state index in [1.54, 1.807) is 19.5 Å². The van der Waals surface area contributed by atoms with Crippen LogP contribution in [0, 0.1) is 11.3 Å². The molecule has 1 N–H and O–H groups in total. The number of rotatable bonds is 10. The van der Waals surface area contributed by atoms with Crippen LogP contribution in [0.3, 0.4) is 0 Å². The van der Waals surface area contributed by atoms with Gasteiger partial charge in [-0.2, -0.15) is 5.26 Å². The van der Waals surface area contributed by atoms with Crippen molar-refractivity contribution in [1.29, 1.82) is 5.26 Å². The quantitative estimate of drug-likeness (QED) is 0.246. The van der Waals surface area contributed by atoms with Gasteiger partial charge in [-0.3, -0.25) is 9.19 Å².